The summed E-state index contributed by atoms with van der Waals surface area (Å²) in [5.41, 5.74) is -0.588. The predicted molar refractivity (Wildman–Crippen MR) is 59.7 cm³/mol. The standard InChI is InChI=1S/C11H19NO5/c1-11(2,12-6-9(13)14)5-10(15)17-8-3-4-16-7-8/h8,12H,3-7H2,1-2H3,(H,13,14)/t8-/m0/s1. The van der Waals surface area contributed by atoms with Crippen LogP contribution in [-0.4, -0.2) is 48.4 Å². The number of nitrogens with one attached hydrogen (secondary N) is 1. The number of esters is 1. The first-order valence-electron chi connectivity index (χ1n) is 5.63. The fourth-order valence-electron chi connectivity index (χ4n) is 1.57. The molecule has 0 aliphatic carbocycles. The van der Waals surface area contributed by atoms with E-state index in [1.165, 1.54) is 0 Å². The second-order valence-electron chi connectivity index (χ2n) is 4.78. The zero-order chi connectivity index (χ0) is 12.9. The van der Waals surface area contributed by atoms with Gasteiger partial charge in [0, 0.05) is 12.0 Å². The number of aliphatic carboxylic acids is 1. The number of carbonyl (C=O) groups is 2. The van der Waals surface area contributed by atoms with Crippen molar-refractivity contribution in [2.75, 3.05) is 19.8 Å². The molecule has 6 nitrogen and oxygen atoms in total. The van der Waals surface area contributed by atoms with E-state index < -0.39 is 11.5 Å². The normalized spacial score (nSPS) is 20.2. The van der Waals surface area contributed by atoms with Crippen molar-refractivity contribution in [2.24, 2.45) is 0 Å². The molecule has 0 aromatic heterocycles. The zero-order valence-corrected chi connectivity index (χ0v) is 10.2. The van der Waals surface area contributed by atoms with Gasteiger partial charge in [-0.3, -0.25) is 9.59 Å². The second-order valence-corrected chi connectivity index (χ2v) is 4.78. The van der Waals surface area contributed by atoms with Crippen molar-refractivity contribution in [2.45, 2.75) is 38.3 Å². The Kier molecular flexibility index (Phi) is 4.89. The molecule has 1 fully saturated rings. The van der Waals surface area contributed by atoms with E-state index in [-0.39, 0.29) is 25.0 Å². The van der Waals surface area contributed by atoms with E-state index in [0.29, 0.717) is 13.2 Å². The maximum Gasteiger partial charge on any atom is 0.317 e. The van der Waals surface area contributed by atoms with Crippen LogP contribution >= 0.6 is 0 Å². The highest BCUT2D eigenvalue weighted by molar-refractivity contribution is 5.72. The van der Waals surface area contributed by atoms with Gasteiger partial charge >= 0.3 is 11.9 Å². The number of carboxylic acids is 1. The molecule has 0 bridgehead atoms. The molecule has 1 saturated heterocycles. The lowest BCUT2D eigenvalue weighted by molar-refractivity contribution is -0.151. The molecule has 1 atom stereocenters. The lowest BCUT2D eigenvalue weighted by Crippen LogP contribution is -2.44. The lowest BCUT2D eigenvalue weighted by atomic mass is 10.0. The van der Waals surface area contributed by atoms with Crippen LogP contribution in [0.3, 0.4) is 0 Å². The number of carbonyl (C=O) groups excluding carboxylic acids is 1. The molecule has 0 saturated carbocycles. The largest absolute Gasteiger partial charge is 0.480 e. The molecule has 0 amide bonds. The molecule has 6 heteroatoms. The highest BCUT2D eigenvalue weighted by Crippen LogP contribution is 2.13. The fourth-order valence-corrected chi connectivity index (χ4v) is 1.57. The zero-order valence-electron chi connectivity index (χ0n) is 10.2. The Morgan fingerprint density at radius 3 is 2.76 bits per heavy atom. The van der Waals surface area contributed by atoms with Gasteiger partial charge < -0.3 is 19.9 Å². The molecule has 98 valence electrons. The molecule has 0 radical (unpaired) electrons. The van der Waals surface area contributed by atoms with Crippen LogP contribution in [0.1, 0.15) is 26.7 Å². The number of carboxylic acid groups (broad SMARTS) is 1. The SMILES string of the molecule is CC(C)(CC(=O)O[C@H]1CCOC1)NCC(=O)O. The minimum Gasteiger partial charge on any atom is -0.480 e. The summed E-state index contributed by atoms with van der Waals surface area (Å²) in [6.45, 7) is 4.44. The summed E-state index contributed by atoms with van der Waals surface area (Å²) in [7, 11) is 0. The van der Waals surface area contributed by atoms with Gasteiger partial charge in [-0.15, -0.1) is 0 Å². The summed E-state index contributed by atoms with van der Waals surface area (Å²) in [4.78, 5) is 22.0. The van der Waals surface area contributed by atoms with E-state index in [1.807, 2.05) is 0 Å². The van der Waals surface area contributed by atoms with Gasteiger partial charge in [0.25, 0.3) is 0 Å². The Hall–Kier alpha value is -1.14. The Morgan fingerprint density at radius 2 is 2.24 bits per heavy atom. The molecular formula is C11H19NO5. The third-order valence-corrected chi connectivity index (χ3v) is 2.49. The molecule has 1 heterocycles. The second kappa shape index (κ2) is 5.97. The average Bonchev–Trinajstić information content (AvgIpc) is 2.66. The monoisotopic (exact) mass is 245 g/mol. The van der Waals surface area contributed by atoms with Crippen LogP contribution in [0, 0.1) is 0 Å². The van der Waals surface area contributed by atoms with E-state index in [0.717, 1.165) is 6.42 Å². The number of hydrogen-bond acceptors (Lipinski definition) is 5. The summed E-state index contributed by atoms with van der Waals surface area (Å²) in [5, 5.41) is 11.3. The van der Waals surface area contributed by atoms with Crippen LogP contribution in [0.15, 0.2) is 0 Å². The molecule has 1 aliphatic rings. The van der Waals surface area contributed by atoms with E-state index in [1.54, 1.807) is 13.8 Å². The van der Waals surface area contributed by atoms with Crippen LogP contribution in [0.4, 0.5) is 0 Å². The minimum absolute atomic E-state index is 0.136. The Bertz CT molecular complexity index is 284. The van der Waals surface area contributed by atoms with Gasteiger partial charge in [0.15, 0.2) is 0 Å². The third-order valence-electron chi connectivity index (χ3n) is 2.49. The van der Waals surface area contributed by atoms with Crippen LogP contribution in [0.5, 0.6) is 0 Å². The maximum atomic E-state index is 11.6. The molecule has 1 aliphatic heterocycles. The predicted octanol–water partition coefficient (Wildman–Crippen LogP) is 0.161. The van der Waals surface area contributed by atoms with E-state index in [9.17, 15) is 9.59 Å². The molecule has 0 aromatic carbocycles. The van der Waals surface area contributed by atoms with Crippen LogP contribution in [0.25, 0.3) is 0 Å². The van der Waals surface area contributed by atoms with Gasteiger partial charge in [-0.05, 0) is 13.8 Å². The van der Waals surface area contributed by atoms with Crippen LogP contribution in [-0.2, 0) is 19.1 Å². The minimum atomic E-state index is -0.948. The Labute approximate surface area is 100 Å². The van der Waals surface area contributed by atoms with Crippen molar-refractivity contribution in [1.29, 1.82) is 0 Å². The molecular weight excluding hydrogens is 226 g/mol. The molecule has 0 unspecified atom stereocenters. The van der Waals surface area contributed by atoms with Gasteiger partial charge in [-0.2, -0.15) is 0 Å². The van der Waals surface area contributed by atoms with Crippen molar-refractivity contribution >= 4 is 11.9 Å². The number of ether oxygens (including phenoxy) is 2. The number of rotatable bonds is 6. The molecule has 17 heavy (non-hydrogen) atoms. The molecule has 1 rings (SSSR count). The van der Waals surface area contributed by atoms with Crippen molar-refractivity contribution in [3.05, 3.63) is 0 Å². The quantitative estimate of drug-likeness (QED) is 0.648. The summed E-state index contributed by atoms with van der Waals surface area (Å²) in [6, 6.07) is 0. The van der Waals surface area contributed by atoms with Gasteiger partial charge in [0.05, 0.1) is 26.2 Å². The van der Waals surface area contributed by atoms with Gasteiger partial charge in [0.1, 0.15) is 6.10 Å². The lowest BCUT2D eigenvalue weighted by Gasteiger charge is -2.25. The summed E-state index contributed by atoms with van der Waals surface area (Å²) >= 11 is 0. The highest BCUT2D eigenvalue weighted by Gasteiger charge is 2.26. The average molecular weight is 245 g/mol. The molecule has 2 N–H and O–H groups in total. The van der Waals surface area contributed by atoms with E-state index in [2.05, 4.69) is 5.32 Å². The smallest absolute Gasteiger partial charge is 0.317 e. The van der Waals surface area contributed by atoms with Gasteiger partial charge in [-0.1, -0.05) is 0 Å². The third kappa shape index (κ3) is 5.65. The molecule has 0 spiro atoms. The molecule has 0 aromatic rings. The van der Waals surface area contributed by atoms with Crippen LogP contribution < -0.4 is 5.32 Å². The maximum absolute atomic E-state index is 11.6. The summed E-state index contributed by atoms with van der Waals surface area (Å²) < 4.78 is 10.3. The van der Waals surface area contributed by atoms with Crippen molar-refractivity contribution < 1.29 is 24.2 Å². The first-order chi connectivity index (χ1) is 7.89. The highest BCUT2D eigenvalue weighted by atomic mass is 16.6. The van der Waals surface area contributed by atoms with Crippen LogP contribution in [0.2, 0.25) is 0 Å². The van der Waals surface area contributed by atoms with Crippen molar-refractivity contribution in [1.82, 2.24) is 5.32 Å². The summed E-state index contributed by atoms with van der Waals surface area (Å²) in [6.07, 6.45) is 0.712. The van der Waals surface area contributed by atoms with Crippen molar-refractivity contribution in [3.8, 4) is 0 Å². The Morgan fingerprint density at radius 1 is 1.53 bits per heavy atom. The van der Waals surface area contributed by atoms with E-state index >= 15 is 0 Å². The number of hydrogen-bond donors (Lipinski definition) is 2. The first kappa shape index (κ1) is 13.9. The topological polar surface area (TPSA) is 84.9 Å². The van der Waals surface area contributed by atoms with Crippen molar-refractivity contribution in [3.63, 3.8) is 0 Å². The fraction of sp³-hybridized carbons (Fsp3) is 0.818. The van der Waals surface area contributed by atoms with Gasteiger partial charge in [-0.25, -0.2) is 0 Å². The van der Waals surface area contributed by atoms with Gasteiger partial charge in [0.2, 0.25) is 0 Å². The van der Waals surface area contributed by atoms with E-state index in [4.69, 9.17) is 14.6 Å². The Balaban J connectivity index is 2.29. The first-order valence-corrected chi connectivity index (χ1v) is 5.63. The summed E-state index contributed by atoms with van der Waals surface area (Å²) in [5.74, 6) is -1.28.